The van der Waals surface area contributed by atoms with Crippen molar-refractivity contribution in [2.75, 3.05) is 43.5 Å². The van der Waals surface area contributed by atoms with Crippen molar-refractivity contribution in [3.05, 3.63) is 41.4 Å². The van der Waals surface area contributed by atoms with Gasteiger partial charge in [-0.1, -0.05) is 31.5 Å². The van der Waals surface area contributed by atoms with E-state index in [0.717, 1.165) is 19.6 Å². The molecule has 0 spiro atoms. The van der Waals surface area contributed by atoms with E-state index >= 15 is 0 Å². The highest BCUT2D eigenvalue weighted by molar-refractivity contribution is 8.01. The van der Waals surface area contributed by atoms with Crippen molar-refractivity contribution in [3.63, 3.8) is 0 Å². The summed E-state index contributed by atoms with van der Waals surface area (Å²) in [7, 11) is 0. The standard InChI is InChI=1S/C13H19ClN2O2.C13H18N2O4S2/c1-3-16(4-2)7-8-18-13(17)11-6-5-10(15)9-12(11)14;1-4-5-20-6-7(16)14-8-10(17)15-9(12(18)19)13(2,3)21-11(8)15/h5-6,9H,3-4,7-8,15H2,1-2H3;4,8-9,11H,1,5-6H2,2-3H3,(H,14,16)(H,18,19)/t;8-,9+,11-/m.1/s1. The van der Waals surface area contributed by atoms with Crippen molar-refractivity contribution >= 4 is 64.6 Å². The zero-order valence-electron chi connectivity index (χ0n) is 22.6. The number of β-lactam (4-membered cyclic amide) rings is 1. The number of likely N-dealkylation sites (N-methyl/N-ethyl adjacent to an activating group) is 1. The van der Waals surface area contributed by atoms with Crippen LogP contribution in [0.4, 0.5) is 5.69 Å². The molecule has 2 aliphatic rings. The van der Waals surface area contributed by atoms with Crippen molar-refractivity contribution in [2.24, 2.45) is 0 Å². The number of carbonyl (C=O) groups is 4. The minimum atomic E-state index is -1.00. The number of aliphatic carboxylic acids is 1. The summed E-state index contributed by atoms with van der Waals surface area (Å²) in [6.45, 7) is 14.3. The van der Waals surface area contributed by atoms with Crippen LogP contribution < -0.4 is 11.1 Å². The van der Waals surface area contributed by atoms with Crippen LogP contribution in [0.5, 0.6) is 0 Å². The molecular weight excluding hydrogens is 564 g/mol. The Kier molecular flexibility index (Phi) is 12.5. The molecule has 4 N–H and O–H groups in total. The molecule has 0 bridgehead atoms. The summed E-state index contributed by atoms with van der Waals surface area (Å²) in [6.07, 6.45) is 1.71. The lowest BCUT2D eigenvalue weighted by Crippen LogP contribution is -2.70. The average molecular weight is 601 g/mol. The molecule has 0 unspecified atom stereocenters. The Morgan fingerprint density at radius 1 is 1.33 bits per heavy atom. The molecule has 13 heteroatoms. The first-order valence-electron chi connectivity index (χ1n) is 12.5. The molecule has 2 fully saturated rings. The van der Waals surface area contributed by atoms with Crippen molar-refractivity contribution in [1.82, 2.24) is 15.1 Å². The summed E-state index contributed by atoms with van der Waals surface area (Å²) in [5.41, 5.74) is 6.44. The quantitative estimate of drug-likeness (QED) is 0.108. The molecule has 1 aromatic rings. The van der Waals surface area contributed by atoms with Gasteiger partial charge < -0.3 is 30.7 Å². The molecule has 2 aliphatic heterocycles. The maximum atomic E-state index is 12.1. The molecule has 3 atom stereocenters. The van der Waals surface area contributed by atoms with Crippen molar-refractivity contribution < 1.29 is 29.0 Å². The summed E-state index contributed by atoms with van der Waals surface area (Å²) < 4.78 is 4.61. The smallest absolute Gasteiger partial charge is 0.339 e. The summed E-state index contributed by atoms with van der Waals surface area (Å²) in [4.78, 5) is 50.6. The van der Waals surface area contributed by atoms with E-state index in [9.17, 15) is 24.3 Å². The van der Waals surface area contributed by atoms with Gasteiger partial charge in [-0.25, -0.2) is 9.59 Å². The van der Waals surface area contributed by atoms with Crippen LogP contribution in [0, 0.1) is 0 Å². The van der Waals surface area contributed by atoms with E-state index in [0.29, 0.717) is 28.6 Å². The van der Waals surface area contributed by atoms with Gasteiger partial charge in [0.2, 0.25) is 11.8 Å². The number of hydrogen-bond acceptors (Lipinski definition) is 9. The third-order valence-electron chi connectivity index (χ3n) is 6.21. The van der Waals surface area contributed by atoms with Crippen molar-refractivity contribution in [1.29, 1.82) is 0 Å². The number of benzene rings is 1. The molecule has 2 saturated heterocycles. The predicted molar refractivity (Wildman–Crippen MR) is 157 cm³/mol. The summed E-state index contributed by atoms with van der Waals surface area (Å²) >= 11 is 8.77. The number of thioether (sulfide) groups is 2. The van der Waals surface area contributed by atoms with Gasteiger partial charge in [-0.3, -0.25) is 9.59 Å². The Hall–Kier alpha value is -2.41. The second-order valence-electron chi connectivity index (χ2n) is 9.35. The van der Waals surface area contributed by atoms with Crippen LogP contribution in [0.3, 0.4) is 0 Å². The first-order chi connectivity index (χ1) is 18.4. The number of esters is 1. The largest absolute Gasteiger partial charge is 0.480 e. The van der Waals surface area contributed by atoms with Gasteiger partial charge >= 0.3 is 11.9 Å². The van der Waals surface area contributed by atoms with Crippen molar-refractivity contribution in [2.45, 2.75) is 49.9 Å². The van der Waals surface area contributed by atoms with E-state index in [1.54, 1.807) is 38.1 Å². The highest BCUT2D eigenvalue weighted by Gasteiger charge is 2.64. The molecule has 0 aliphatic carbocycles. The Labute approximate surface area is 243 Å². The zero-order chi connectivity index (χ0) is 29.3. The van der Waals surface area contributed by atoms with E-state index in [1.807, 2.05) is 0 Å². The maximum absolute atomic E-state index is 12.1. The van der Waals surface area contributed by atoms with E-state index in [4.69, 9.17) is 22.1 Å². The van der Waals surface area contributed by atoms with Crippen LogP contribution >= 0.6 is 35.1 Å². The van der Waals surface area contributed by atoms with E-state index in [-0.39, 0.29) is 22.9 Å². The molecule has 2 amide bonds. The second-order valence-corrected chi connectivity index (χ2v) is 12.6. The van der Waals surface area contributed by atoms with Gasteiger partial charge in [0, 0.05) is 22.7 Å². The van der Waals surface area contributed by atoms with Gasteiger partial charge in [0.05, 0.1) is 16.3 Å². The fourth-order valence-corrected chi connectivity index (χ4v) is 6.62. The first-order valence-corrected chi connectivity index (χ1v) is 14.9. The summed E-state index contributed by atoms with van der Waals surface area (Å²) in [5, 5.41) is 12.0. The van der Waals surface area contributed by atoms with Crippen LogP contribution in [-0.2, 0) is 19.1 Å². The first kappa shape index (κ1) is 32.8. The number of fused-ring (bicyclic) bond motifs is 1. The normalized spacial score (nSPS) is 20.8. The maximum Gasteiger partial charge on any atom is 0.339 e. The number of carboxylic acid groups (broad SMARTS) is 1. The SMILES string of the molecule is C=CCSCC(=O)N[C@@H]1C(=O)N2[C@@H]1SC(C)(C)[C@@H]2C(=O)O.CCN(CC)CCOC(=O)c1ccc(N)cc1Cl. The molecular formula is C26H37ClN4O6S2. The summed E-state index contributed by atoms with van der Waals surface area (Å²) in [6, 6.07) is 3.30. The third-order valence-corrected chi connectivity index (χ3v) is 9.03. The van der Waals surface area contributed by atoms with Crippen LogP contribution in [0.15, 0.2) is 30.9 Å². The minimum absolute atomic E-state index is 0.211. The Balaban J connectivity index is 0.000000277. The summed E-state index contributed by atoms with van der Waals surface area (Å²) in [5.74, 6) is -1.00. The Morgan fingerprint density at radius 3 is 2.56 bits per heavy atom. The number of carbonyl (C=O) groups excluding carboxylic acids is 3. The van der Waals surface area contributed by atoms with E-state index in [1.165, 1.54) is 28.4 Å². The molecule has 3 rings (SSSR count). The highest BCUT2D eigenvalue weighted by atomic mass is 35.5. The Bertz CT molecular complexity index is 1070. The average Bonchev–Trinajstić information content (AvgIpc) is 3.13. The van der Waals surface area contributed by atoms with Crippen LogP contribution in [0.25, 0.3) is 0 Å². The van der Waals surface area contributed by atoms with E-state index < -0.39 is 28.8 Å². The number of nitrogen functional groups attached to an aromatic ring is 1. The lowest BCUT2D eigenvalue weighted by molar-refractivity contribution is -0.160. The number of halogens is 1. The molecule has 2 heterocycles. The van der Waals surface area contributed by atoms with Crippen LogP contribution in [-0.4, -0.2) is 98.6 Å². The van der Waals surface area contributed by atoms with Gasteiger partial charge in [0.1, 0.15) is 24.1 Å². The minimum Gasteiger partial charge on any atom is -0.480 e. The topological polar surface area (TPSA) is 142 Å². The number of carboxylic acids is 1. The van der Waals surface area contributed by atoms with Crippen LogP contribution in [0.2, 0.25) is 5.02 Å². The number of nitrogens with zero attached hydrogens (tertiary/aromatic N) is 2. The van der Waals surface area contributed by atoms with E-state index in [2.05, 4.69) is 30.6 Å². The molecule has 0 radical (unpaired) electrons. The lowest BCUT2D eigenvalue weighted by Gasteiger charge is -2.43. The van der Waals surface area contributed by atoms with Gasteiger partial charge in [0.25, 0.3) is 0 Å². The highest BCUT2D eigenvalue weighted by Crippen LogP contribution is 2.50. The fraction of sp³-hybridized carbons (Fsp3) is 0.538. The van der Waals surface area contributed by atoms with Gasteiger partial charge in [0.15, 0.2) is 0 Å². The third kappa shape index (κ3) is 8.54. The molecule has 10 nitrogen and oxygen atoms in total. The van der Waals surface area contributed by atoms with Crippen molar-refractivity contribution in [3.8, 4) is 0 Å². The lowest BCUT2D eigenvalue weighted by atomic mass is 9.96. The predicted octanol–water partition coefficient (Wildman–Crippen LogP) is 2.96. The number of ether oxygens (including phenoxy) is 1. The molecule has 0 saturated carbocycles. The number of nitrogens with one attached hydrogen (secondary N) is 1. The van der Waals surface area contributed by atoms with Gasteiger partial charge in [-0.05, 0) is 45.1 Å². The fourth-order valence-electron chi connectivity index (χ4n) is 4.18. The number of anilines is 1. The molecule has 1 aromatic carbocycles. The number of amides is 2. The van der Waals surface area contributed by atoms with Gasteiger partial charge in [-0.2, -0.15) is 0 Å². The second kappa shape index (κ2) is 14.8. The Morgan fingerprint density at radius 2 is 2.00 bits per heavy atom. The zero-order valence-corrected chi connectivity index (χ0v) is 25.0. The molecule has 216 valence electrons. The molecule has 39 heavy (non-hydrogen) atoms. The number of rotatable bonds is 12. The molecule has 0 aromatic heterocycles. The number of hydrogen-bond donors (Lipinski definition) is 3. The monoisotopic (exact) mass is 600 g/mol. The number of nitrogens with two attached hydrogens (primary N) is 1. The van der Waals surface area contributed by atoms with Gasteiger partial charge in [-0.15, -0.1) is 30.1 Å². The van der Waals surface area contributed by atoms with Crippen LogP contribution in [0.1, 0.15) is 38.1 Å².